The highest BCUT2D eigenvalue weighted by atomic mass is 15.3. The van der Waals surface area contributed by atoms with E-state index in [1.165, 1.54) is 0 Å². The molecule has 234 valence electrons. The summed E-state index contributed by atoms with van der Waals surface area (Å²) in [4.78, 5) is 14.3. The minimum absolute atomic E-state index is 0.132. The summed E-state index contributed by atoms with van der Waals surface area (Å²) in [6.07, 6.45) is 0. The maximum atomic E-state index is 9.12. The molecular formula is C45H29N5. The van der Waals surface area contributed by atoms with Gasteiger partial charge in [-0.3, -0.25) is 9.13 Å². The van der Waals surface area contributed by atoms with E-state index in [-0.39, 0.29) is 49.4 Å². The van der Waals surface area contributed by atoms with Crippen LogP contribution in [0.25, 0.3) is 89.2 Å². The van der Waals surface area contributed by atoms with Crippen LogP contribution in [0.3, 0.4) is 0 Å². The third-order valence-electron chi connectivity index (χ3n) is 8.52. The lowest BCUT2D eigenvalue weighted by Gasteiger charge is -2.13. The summed E-state index contributed by atoms with van der Waals surface area (Å²) in [6, 6.07) is 14.3. The van der Waals surface area contributed by atoms with E-state index in [1.54, 1.807) is 12.1 Å². The van der Waals surface area contributed by atoms with Crippen LogP contribution in [0.4, 0.5) is 0 Å². The Morgan fingerprint density at radius 1 is 0.360 bits per heavy atom. The molecule has 50 heavy (non-hydrogen) atoms. The van der Waals surface area contributed by atoms with Gasteiger partial charge in [-0.2, -0.15) is 15.0 Å². The molecule has 0 saturated heterocycles. The largest absolute Gasteiger partial charge is 0.278 e. The molecule has 5 heteroatoms. The van der Waals surface area contributed by atoms with Gasteiger partial charge in [-0.15, -0.1) is 0 Å². The summed E-state index contributed by atoms with van der Waals surface area (Å²) >= 11 is 0. The van der Waals surface area contributed by atoms with Crippen LogP contribution in [0.5, 0.6) is 0 Å². The lowest BCUT2D eigenvalue weighted by Crippen LogP contribution is -2.10. The zero-order valence-electron chi connectivity index (χ0n) is 41.7. The van der Waals surface area contributed by atoms with Crippen molar-refractivity contribution in [3.05, 3.63) is 176 Å². The zero-order valence-corrected chi connectivity index (χ0v) is 25.7. The predicted molar refractivity (Wildman–Crippen MR) is 205 cm³/mol. The highest BCUT2D eigenvalue weighted by Crippen LogP contribution is 2.35. The van der Waals surface area contributed by atoms with Crippen molar-refractivity contribution in [2.45, 2.75) is 0 Å². The third kappa shape index (κ3) is 4.52. The van der Waals surface area contributed by atoms with E-state index < -0.39 is 109 Å². The number of para-hydroxylation sites is 4. The molecule has 0 spiro atoms. The minimum Gasteiger partial charge on any atom is -0.278 e. The normalized spacial score (nSPS) is 16.1. The second-order valence-corrected chi connectivity index (χ2v) is 11.3. The molecule has 3 heterocycles. The Morgan fingerprint density at radius 3 is 1.20 bits per heavy atom. The maximum Gasteiger partial charge on any atom is 0.240 e. The van der Waals surface area contributed by atoms with E-state index in [1.807, 2.05) is 66.7 Å². The van der Waals surface area contributed by atoms with E-state index in [9.17, 15) is 0 Å². The summed E-state index contributed by atoms with van der Waals surface area (Å²) in [5.41, 5.74) is 2.75. The van der Waals surface area contributed by atoms with E-state index in [0.717, 1.165) is 31.4 Å². The first-order chi connectivity index (χ1) is 31.4. The van der Waals surface area contributed by atoms with Gasteiger partial charge in [0, 0.05) is 27.1 Å². The number of aromatic nitrogens is 5. The number of benzene rings is 7. The first-order valence-corrected chi connectivity index (χ1v) is 15.5. The fraction of sp³-hybridized carbons (Fsp3) is 0. The lowest BCUT2D eigenvalue weighted by atomic mass is 9.98. The fourth-order valence-corrected chi connectivity index (χ4v) is 6.25. The Hall–Kier alpha value is -6.85. The third-order valence-corrected chi connectivity index (χ3v) is 8.52. The lowest BCUT2D eigenvalue weighted by molar-refractivity contribution is 0.893. The smallest absolute Gasteiger partial charge is 0.240 e. The van der Waals surface area contributed by atoms with E-state index >= 15 is 0 Å². The molecule has 0 aliphatic carbocycles. The summed E-state index contributed by atoms with van der Waals surface area (Å²) in [7, 11) is 0. The SMILES string of the molecule is [2H]c1c([2H])c([2H])c2c(c1[2H])c1c([2H])c([2H])c([2H])c([2H])c1n2-c1nc(-c2ccc(-c3cccc(-c4ccccc4)c3)cc2)nc(-n2c3c([2H])c([2H])c([2H])c([2H])c3c3c([2H])c([2H])c([2H])c([2H])c32)n1. The molecule has 0 unspecified atom stereocenters. The predicted octanol–water partition coefficient (Wildman–Crippen LogP) is 11.1. The Balaban J connectivity index is 1.34. The van der Waals surface area contributed by atoms with E-state index in [4.69, 9.17) is 36.9 Å². The van der Waals surface area contributed by atoms with Gasteiger partial charge in [-0.25, -0.2) is 0 Å². The molecule has 10 rings (SSSR count). The van der Waals surface area contributed by atoms with Gasteiger partial charge < -0.3 is 0 Å². The van der Waals surface area contributed by atoms with E-state index in [2.05, 4.69) is 0 Å². The van der Waals surface area contributed by atoms with Gasteiger partial charge in [0.15, 0.2) is 5.82 Å². The summed E-state index contributed by atoms with van der Waals surface area (Å²) in [5, 5.41) is -1.02. The first kappa shape index (κ1) is 16.5. The van der Waals surface area contributed by atoms with Crippen LogP contribution in [0, 0.1) is 0 Å². The summed E-state index contributed by atoms with van der Waals surface area (Å²) < 4.78 is 143. The molecule has 0 aliphatic rings. The number of rotatable bonds is 5. The molecule has 0 bridgehead atoms. The van der Waals surface area contributed by atoms with E-state index in [0.29, 0.717) is 5.56 Å². The van der Waals surface area contributed by atoms with Gasteiger partial charge in [0.05, 0.1) is 44.0 Å². The maximum absolute atomic E-state index is 9.12. The van der Waals surface area contributed by atoms with Crippen LogP contribution in [-0.2, 0) is 0 Å². The van der Waals surface area contributed by atoms with Crippen LogP contribution in [0.1, 0.15) is 21.9 Å². The van der Waals surface area contributed by atoms with Crippen LogP contribution in [0.15, 0.2) is 176 Å². The average molecular weight is 656 g/mol. The second-order valence-electron chi connectivity index (χ2n) is 11.3. The van der Waals surface area contributed by atoms with Crippen LogP contribution < -0.4 is 0 Å². The molecule has 0 saturated carbocycles. The quantitative estimate of drug-likeness (QED) is 0.185. The van der Waals surface area contributed by atoms with Crippen molar-refractivity contribution in [3.8, 4) is 45.5 Å². The highest BCUT2D eigenvalue weighted by molar-refractivity contribution is 6.10. The van der Waals surface area contributed by atoms with Gasteiger partial charge in [0.25, 0.3) is 0 Å². The molecule has 0 aliphatic heterocycles. The zero-order chi connectivity index (χ0) is 46.9. The molecule has 0 amide bonds. The van der Waals surface area contributed by atoms with Crippen molar-refractivity contribution in [2.24, 2.45) is 0 Å². The molecule has 0 atom stereocenters. The average Bonchev–Trinajstić information content (AvgIpc) is 3.90. The van der Waals surface area contributed by atoms with Gasteiger partial charge >= 0.3 is 0 Å². The van der Waals surface area contributed by atoms with Crippen molar-refractivity contribution in [3.63, 3.8) is 0 Å². The second kappa shape index (κ2) is 11.4. The Kier molecular flexibility index (Phi) is 3.76. The van der Waals surface area contributed by atoms with Gasteiger partial charge in [-0.05, 0) is 52.5 Å². The molecule has 10 aromatic rings. The summed E-state index contributed by atoms with van der Waals surface area (Å²) in [6.45, 7) is 0. The van der Waals surface area contributed by atoms with Crippen molar-refractivity contribution >= 4 is 43.6 Å². The molecule has 0 N–H and O–H groups in total. The molecule has 0 radical (unpaired) electrons. The molecule has 0 fully saturated rings. The Labute approximate surface area is 310 Å². The van der Waals surface area contributed by atoms with Gasteiger partial charge in [0.2, 0.25) is 11.9 Å². The van der Waals surface area contributed by atoms with Crippen molar-refractivity contribution < 1.29 is 21.9 Å². The molecule has 7 aromatic carbocycles. The minimum atomic E-state index is -0.692. The Morgan fingerprint density at radius 2 is 0.740 bits per heavy atom. The van der Waals surface area contributed by atoms with Gasteiger partial charge in [-0.1, -0.05) is 145 Å². The summed E-state index contributed by atoms with van der Waals surface area (Å²) in [5.74, 6) is -1.05. The number of fused-ring (bicyclic) bond motifs is 6. The van der Waals surface area contributed by atoms with Crippen LogP contribution in [-0.4, -0.2) is 24.1 Å². The molecule has 3 aromatic heterocycles. The molecule has 5 nitrogen and oxygen atoms in total. The number of hydrogen-bond donors (Lipinski definition) is 0. The molecular weight excluding hydrogens is 611 g/mol. The van der Waals surface area contributed by atoms with Crippen molar-refractivity contribution in [1.82, 2.24) is 24.1 Å². The standard InChI is InChI=1S/C45H29N5/c1-2-13-30(14-3-1)33-15-12-16-34(29-33)31-25-27-32(28-26-31)43-46-44(49-39-21-8-4-17-35(39)36-18-5-9-22-40(36)49)48-45(47-43)50-41-23-10-6-19-37(41)38-20-7-11-24-42(38)50/h1-29H/i4D,5D,6D,7D,8D,9D,10D,11D,17D,18D,19D,20D,21D,22D,23D,24D. The topological polar surface area (TPSA) is 48.5 Å². The van der Waals surface area contributed by atoms with Crippen molar-refractivity contribution in [2.75, 3.05) is 0 Å². The van der Waals surface area contributed by atoms with Crippen LogP contribution in [0.2, 0.25) is 0 Å². The van der Waals surface area contributed by atoms with Crippen molar-refractivity contribution in [1.29, 1.82) is 0 Å². The first-order valence-electron chi connectivity index (χ1n) is 23.5. The number of hydrogen-bond acceptors (Lipinski definition) is 3. The monoisotopic (exact) mass is 655 g/mol. The van der Waals surface area contributed by atoms with Gasteiger partial charge in [0.1, 0.15) is 0 Å². The Bertz CT molecular complexity index is 3440. The fourth-order valence-electron chi connectivity index (χ4n) is 6.25. The number of nitrogens with zero attached hydrogens (tertiary/aromatic N) is 5. The highest BCUT2D eigenvalue weighted by Gasteiger charge is 2.20. The van der Waals surface area contributed by atoms with Crippen LogP contribution >= 0.6 is 0 Å².